The molecule has 0 aromatic rings. The summed E-state index contributed by atoms with van der Waals surface area (Å²) in [7, 11) is -0.713. The van der Waals surface area contributed by atoms with E-state index in [0.29, 0.717) is 17.5 Å². The third-order valence-electron chi connectivity index (χ3n) is 3.07. The maximum Gasteiger partial charge on any atom is 0.151 e. The molecule has 16 heavy (non-hydrogen) atoms. The molecule has 1 N–H and O–H groups in total. The predicted octanol–water partition coefficient (Wildman–Crippen LogP) is 0.493. The van der Waals surface area contributed by atoms with Crippen molar-refractivity contribution in [2.45, 2.75) is 38.8 Å². The number of nitrogens with one attached hydrogen (secondary N) is 1. The number of sulfone groups is 1. The first-order valence-electron chi connectivity index (χ1n) is 6.05. The van der Waals surface area contributed by atoms with Crippen molar-refractivity contribution in [3.63, 3.8) is 0 Å². The van der Waals surface area contributed by atoms with Gasteiger partial charge in [-0.2, -0.15) is 0 Å². The average molecular weight is 248 g/mol. The summed E-state index contributed by atoms with van der Waals surface area (Å²) in [6.07, 6.45) is 1.88. The molecule has 5 heteroatoms. The Hall–Kier alpha value is -0.130. The van der Waals surface area contributed by atoms with Crippen LogP contribution in [0.25, 0.3) is 0 Å². The van der Waals surface area contributed by atoms with E-state index in [1.807, 2.05) is 7.05 Å². The summed E-state index contributed by atoms with van der Waals surface area (Å²) < 4.78 is 22.7. The largest absolute Gasteiger partial charge is 0.314 e. The van der Waals surface area contributed by atoms with Crippen LogP contribution in [0.15, 0.2) is 0 Å². The van der Waals surface area contributed by atoms with E-state index in [-0.39, 0.29) is 6.04 Å². The molecule has 1 aliphatic heterocycles. The highest BCUT2D eigenvalue weighted by Gasteiger charge is 2.30. The van der Waals surface area contributed by atoms with Gasteiger partial charge in [0.1, 0.15) is 0 Å². The fourth-order valence-corrected chi connectivity index (χ4v) is 3.83. The summed E-state index contributed by atoms with van der Waals surface area (Å²) in [5.74, 6) is 0.716. The SMILES string of the molecule is CC(C)NCCCN(C)C1CCS(=O)(=O)C1. The summed E-state index contributed by atoms with van der Waals surface area (Å²) >= 11 is 0. The van der Waals surface area contributed by atoms with Gasteiger partial charge in [0.2, 0.25) is 0 Å². The third kappa shape index (κ3) is 4.80. The normalized spacial score (nSPS) is 24.4. The van der Waals surface area contributed by atoms with Crippen LogP contribution in [0, 0.1) is 0 Å². The minimum atomic E-state index is -2.74. The van der Waals surface area contributed by atoms with Crippen molar-refractivity contribution in [2.24, 2.45) is 0 Å². The second-order valence-electron chi connectivity index (χ2n) is 5.00. The van der Waals surface area contributed by atoms with Crippen molar-refractivity contribution in [3.8, 4) is 0 Å². The van der Waals surface area contributed by atoms with E-state index in [2.05, 4.69) is 24.1 Å². The van der Waals surface area contributed by atoms with Crippen LogP contribution in [0.3, 0.4) is 0 Å². The lowest BCUT2D eigenvalue weighted by Gasteiger charge is -2.23. The van der Waals surface area contributed by atoms with Crippen LogP contribution < -0.4 is 5.32 Å². The second-order valence-corrected chi connectivity index (χ2v) is 7.23. The summed E-state index contributed by atoms with van der Waals surface area (Å²) in [4.78, 5) is 2.19. The molecule has 0 aromatic carbocycles. The first-order valence-corrected chi connectivity index (χ1v) is 7.87. The first-order chi connectivity index (χ1) is 7.41. The lowest BCUT2D eigenvalue weighted by molar-refractivity contribution is 0.257. The number of rotatable bonds is 6. The van der Waals surface area contributed by atoms with E-state index < -0.39 is 9.84 Å². The fourth-order valence-electron chi connectivity index (χ4n) is 2.02. The monoisotopic (exact) mass is 248 g/mol. The molecule has 0 amide bonds. The van der Waals surface area contributed by atoms with Crippen LogP contribution in [-0.2, 0) is 9.84 Å². The Morgan fingerprint density at radius 2 is 2.12 bits per heavy atom. The standard InChI is InChI=1S/C11H24N2O2S/c1-10(2)12-6-4-7-13(3)11-5-8-16(14,15)9-11/h10-12H,4-9H2,1-3H3. The average Bonchev–Trinajstić information content (AvgIpc) is 2.53. The summed E-state index contributed by atoms with van der Waals surface area (Å²) in [5, 5.41) is 3.36. The van der Waals surface area contributed by atoms with Gasteiger partial charge in [-0.15, -0.1) is 0 Å². The molecular weight excluding hydrogens is 224 g/mol. The number of nitrogens with zero attached hydrogens (tertiary/aromatic N) is 1. The highest BCUT2D eigenvalue weighted by Crippen LogP contribution is 2.16. The molecule has 0 aliphatic carbocycles. The number of hydrogen-bond donors (Lipinski definition) is 1. The Balaban J connectivity index is 2.18. The molecule has 1 saturated heterocycles. The van der Waals surface area contributed by atoms with Crippen molar-refractivity contribution >= 4 is 9.84 Å². The molecule has 0 radical (unpaired) electrons. The van der Waals surface area contributed by atoms with Crippen molar-refractivity contribution in [3.05, 3.63) is 0 Å². The smallest absolute Gasteiger partial charge is 0.151 e. The topological polar surface area (TPSA) is 49.4 Å². The molecule has 0 aromatic heterocycles. The van der Waals surface area contributed by atoms with Crippen LogP contribution in [0.2, 0.25) is 0 Å². The fraction of sp³-hybridized carbons (Fsp3) is 1.00. The molecule has 0 spiro atoms. The Morgan fingerprint density at radius 3 is 2.62 bits per heavy atom. The van der Waals surface area contributed by atoms with Gasteiger partial charge < -0.3 is 10.2 Å². The van der Waals surface area contributed by atoms with Gasteiger partial charge in [0, 0.05) is 12.1 Å². The molecular formula is C11H24N2O2S. The van der Waals surface area contributed by atoms with Gasteiger partial charge in [0.25, 0.3) is 0 Å². The van der Waals surface area contributed by atoms with E-state index in [1.54, 1.807) is 0 Å². The van der Waals surface area contributed by atoms with Gasteiger partial charge >= 0.3 is 0 Å². The minimum absolute atomic E-state index is 0.240. The zero-order valence-electron chi connectivity index (χ0n) is 10.6. The van der Waals surface area contributed by atoms with Crippen LogP contribution in [0.1, 0.15) is 26.7 Å². The molecule has 1 heterocycles. The quantitative estimate of drug-likeness (QED) is 0.695. The van der Waals surface area contributed by atoms with Gasteiger partial charge in [0.05, 0.1) is 11.5 Å². The highest BCUT2D eigenvalue weighted by molar-refractivity contribution is 7.91. The lowest BCUT2D eigenvalue weighted by Crippen LogP contribution is -2.35. The van der Waals surface area contributed by atoms with Crippen LogP contribution in [0.4, 0.5) is 0 Å². The third-order valence-corrected chi connectivity index (χ3v) is 4.82. The van der Waals surface area contributed by atoms with E-state index in [1.165, 1.54) is 0 Å². The van der Waals surface area contributed by atoms with Gasteiger partial charge in [0.15, 0.2) is 9.84 Å². The summed E-state index contributed by atoms with van der Waals surface area (Å²) in [6.45, 7) is 6.24. The summed E-state index contributed by atoms with van der Waals surface area (Å²) in [5.41, 5.74) is 0. The first kappa shape index (κ1) is 13.9. The summed E-state index contributed by atoms with van der Waals surface area (Å²) in [6, 6.07) is 0.765. The van der Waals surface area contributed by atoms with Crippen LogP contribution in [-0.4, -0.2) is 57.0 Å². The van der Waals surface area contributed by atoms with Gasteiger partial charge in [-0.05, 0) is 33.0 Å². The molecule has 0 saturated carbocycles. The zero-order valence-corrected chi connectivity index (χ0v) is 11.4. The van der Waals surface area contributed by atoms with Gasteiger partial charge in [-0.1, -0.05) is 13.8 Å². The van der Waals surface area contributed by atoms with E-state index in [9.17, 15) is 8.42 Å². The lowest BCUT2D eigenvalue weighted by atomic mass is 10.2. The van der Waals surface area contributed by atoms with Gasteiger partial charge in [-0.25, -0.2) is 8.42 Å². The predicted molar refractivity (Wildman–Crippen MR) is 67.4 cm³/mol. The molecule has 1 atom stereocenters. The molecule has 0 bridgehead atoms. The molecule has 1 fully saturated rings. The van der Waals surface area contributed by atoms with Crippen LogP contribution >= 0.6 is 0 Å². The molecule has 4 nitrogen and oxygen atoms in total. The minimum Gasteiger partial charge on any atom is -0.314 e. The van der Waals surface area contributed by atoms with E-state index in [4.69, 9.17) is 0 Å². The van der Waals surface area contributed by atoms with Crippen molar-refractivity contribution in [1.29, 1.82) is 0 Å². The molecule has 1 rings (SSSR count). The zero-order chi connectivity index (χ0) is 12.2. The Bertz CT molecular complexity index is 301. The van der Waals surface area contributed by atoms with Crippen LogP contribution in [0.5, 0.6) is 0 Å². The Morgan fingerprint density at radius 1 is 1.44 bits per heavy atom. The molecule has 1 aliphatic rings. The second kappa shape index (κ2) is 5.98. The van der Waals surface area contributed by atoms with E-state index in [0.717, 1.165) is 25.9 Å². The maximum atomic E-state index is 11.3. The van der Waals surface area contributed by atoms with Gasteiger partial charge in [-0.3, -0.25) is 0 Å². The Labute approximate surface area is 99.3 Å². The molecule has 1 unspecified atom stereocenters. The molecule has 96 valence electrons. The van der Waals surface area contributed by atoms with Crippen molar-refractivity contribution in [2.75, 3.05) is 31.6 Å². The van der Waals surface area contributed by atoms with E-state index >= 15 is 0 Å². The highest BCUT2D eigenvalue weighted by atomic mass is 32.2. The number of hydrogen-bond acceptors (Lipinski definition) is 4. The van der Waals surface area contributed by atoms with Crippen molar-refractivity contribution in [1.82, 2.24) is 10.2 Å². The Kier molecular flexibility index (Phi) is 5.21. The van der Waals surface area contributed by atoms with Crippen molar-refractivity contribution < 1.29 is 8.42 Å². The maximum absolute atomic E-state index is 11.3.